The van der Waals surface area contributed by atoms with E-state index in [0.717, 1.165) is 37.8 Å². The topological polar surface area (TPSA) is 49.4 Å². The van der Waals surface area contributed by atoms with Crippen LogP contribution in [0.3, 0.4) is 0 Å². The second-order valence-corrected chi connectivity index (χ2v) is 8.46. The maximum Gasteiger partial charge on any atom is 0.227 e. The number of benzene rings is 1. The molecule has 0 saturated heterocycles. The first-order valence-electron chi connectivity index (χ1n) is 11.8. The van der Waals surface area contributed by atoms with Crippen molar-refractivity contribution < 1.29 is 9.59 Å². The third-order valence-electron chi connectivity index (χ3n) is 5.87. The maximum atomic E-state index is 12.8. The minimum atomic E-state index is -0.328. The van der Waals surface area contributed by atoms with Crippen molar-refractivity contribution in [2.75, 3.05) is 13.1 Å². The van der Waals surface area contributed by atoms with Crippen molar-refractivity contribution in [3.8, 4) is 0 Å². The van der Waals surface area contributed by atoms with E-state index >= 15 is 0 Å². The Hall–Kier alpha value is -2.36. The zero-order valence-corrected chi connectivity index (χ0v) is 19.8. The second kappa shape index (κ2) is 15.4. The van der Waals surface area contributed by atoms with Gasteiger partial charge < -0.3 is 10.2 Å². The van der Waals surface area contributed by atoms with Crippen LogP contribution in [0.15, 0.2) is 55.6 Å². The molecule has 1 aromatic carbocycles. The Morgan fingerprint density at radius 1 is 1.06 bits per heavy atom. The lowest BCUT2D eigenvalue weighted by molar-refractivity contribution is -0.132. The lowest BCUT2D eigenvalue weighted by Crippen LogP contribution is -2.40. The summed E-state index contributed by atoms with van der Waals surface area (Å²) in [5.41, 5.74) is 1.15. The van der Waals surface area contributed by atoms with Crippen molar-refractivity contribution in [1.29, 1.82) is 0 Å². The summed E-state index contributed by atoms with van der Waals surface area (Å²) in [6.07, 6.45) is 9.43. The summed E-state index contributed by atoms with van der Waals surface area (Å²) < 4.78 is 0. The smallest absolute Gasteiger partial charge is 0.227 e. The van der Waals surface area contributed by atoms with E-state index in [-0.39, 0.29) is 23.8 Å². The van der Waals surface area contributed by atoms with Gasteiger partial charge in [0.2, 0.25) is 11.8 Å². The highest BCUT2D eigenvalue weighted by atomic mass is 16.2. The number of hydrogen-bond donors (Lipinski definition) is 1. The van der Waals surface area contributed by atoms with Crippen LogP contribution in [-0.2, 0) is 16.0 Å². The van der Waals surface area contributed by atoms with Gasteiger partial charge in [0.15, 0.2) is 0 Å². The highest BCUT2D eigenvalue weighted by Gasteiger charge is 2.20. The zero-order valence-electron chi connectivity index (χ0n) is 19.8. The van der Waals surface area contributed by atoms with E-state index in [1.807, 2.05) is 35.2 Å². The molecule has 0 aliphatic carbocycles. The number of nitrogens with zero attached hydrogens (tertiary/aromatic N) is 1. The molecule has 4 nitrogen and oxygen atoms in total. The van der Waals surface area contributed by atoms with Gasteiger partial charge in [-0.25, -0.2) is 0 Å². The van der Waals surface area contributed by atoms with Crippen LogP contribution < -0.4 is 5.32 Å². The average molecular weight is 427 g/mol. The van der Waals surface area contributed by atoms with E-state index in [0.29, 0.717) is 31.7 Å². The molecule has 1 N–H and O–H groups in total. The first-order valence-corrected chi connectivity index (χ1v) is 11.8. The third kappa shape index (κ3) is 10.5. The summed E-state index contributed by atoms with van der Waals surface area (Å²) in [7, 11) is 0. The van der Waals surface area contributed by atoms with Crippen LogP contribution in [0.1, 0.15) is 64.9 Å². The van der Waals surface area contributed by atoms with Gasteiger partial charge in [0.25, 0.3) is 0 Å². The largest absolute Gasteiger partial charge is 0.349 e. The molecule has 1 rings (SSSR count). The van der Waals surface area contributed by atoms with Crippen LogP contribution >= 0.6 is 0 Å². The summed E-state index contributed by atoms with van der Waals surface area (Å²) in [6.45, 7) is 15.5. The lowest BCUT2D eigenvalue weighted by atomic mass is 10.0. The molecule has 0 radical (unpaired) electrons. The van der Waals surface area contributed by atoms with E-state index in [1.165, 1.54) is 0 Å². The second-order valence-electron chi connectivity index (χ2n) is 8.46. The van der Waals surface area contributed by atoms with E-state index < -0.39 is 0 Å². The molecule has 0 aliphatic heterocycles. The van der Waals surface area contributed by atoms with Crippen LogP contribution in [0.4, 0.5) is 0 Å². The third-order valence-corrected chi connectivity index (χ3v) is 5.87. The first kappa shape index (κ1) is 26.7. The Bertz CT molecular complexity index is 671. The Labute approximate surface area is 189 Å². The van der Waals surface area contributed by atoms with Crippen molar-refractivity contribution in [3.05, 3.63) is 61.2 Å². The van der Waals surface area contributed by atoms with Crippen LogP contribution in [0.25, 0.3) is 0 Å². The molecule has 0 spiro atoms. The molecule has 0 aromatic heterocycles. The van der Waals surface area contributed by atoms with Gasteiger partial charge in [-0.15, -0.1) is 13.2 Å². The van der Waals surface area contributed by atoms with E-state index in [9.17, 15) is 9.59 Å². The molecule has 1 aromatic rings. The summed E-state index contributed by atoms with van der Waals surface area (Å²) in [5.74, 6) is 0.471. The van der Waals surface area contributed by atoms with Gasteiger partial charge in [-0.05, 0) is 37.2 Å². The Morgan fingerprint density at radius 2 is 1.77 bits per heavy atom. The molecule has 172 valence electrons. The minimum Gasteiger partial charge on any atom is -0.349 e. The van der Waals surface area contributed by atoms with Gasteiger partial charge in [0.05, 0.1) is 12.0 Å². The number of hydrogen-bond acceptors (Lipinski definition) is 2. The highest BCUT2D eigenvalue weighted by molar-refractivity contribution is 5.81. The van der Waals surface area contributed by atoms with Gasteiger partial charge in [0, 0.05) is 19.5 Å². The SMILES string of the molecule is C=C[C@H](Cc1ccccc1)NC(=O)[C@H](C=C)CCN(CCC)C(=O)CCC[C@@H](C)CC. The quantitative estimate of drug-likeness (QED) is 0.352. The maximum absolute atomic E-state index is 12.8. The van der Waals surface area contributed by atoms with Crippen LogP contribution in [0.5, 0.6) is 0 Å². The molecule has 0 fully saturated rings. The van der Waals surface area contributed by atoms with Crippen molar-refractivity contribution >= 4 is 11.8 Å². The van der Waals surface area contributed by atoms with Crippen LogP contribution in [0.2, 0.25) is 0 Å². The molecule has 3 atom stereocenters. The van der Waals surface area contributed by atoms with Crippen LogP contribution in [-0.4, -0.2) is 35.8 Å². The Morgan fingerprint density at radius 3 is 2.35 bits per heavy atom. The van der Waals surface area contributed by atoms with Gasteiger partial charge >= 0.3 is 0 Å². The molecule has 0 aliphatic rings. The predicted octanol–water partition coefficient (Wildman–Crippen LogP) is 5.55. The van der Waals surface area contributed by atoms with Crippen molar-refractivity contribution in [1.82, 2.24) is 10.2 Å². The first-order chi connectivity index (χ1) is 14.9. The molecular weight excluding hydrogens is 384 g/mol. The summed E-state index contributed by atoms with van der Waals surface area (Å²) in [5, 5.41) is 3.07. The van der Waals surface area contributed by atoms with Crippen molar-refractivity contribution in [3.63, 3.8) is 0 Å². The summed E-state index contributed by atoms with van der Waals surface area (Å²) in [4.78, 5) is 27.4. The normalized spacial score (nSPS) is 13.6. The molecule has 0 unspecified atom stereocenters. The Balaban J connectivity index is 2.58. The van der Waals surface area contributed by atoms with E-state index in [2.05, 4.69) is 39.2 Å². The van der Waals surface area contributed by atoms with E-state index in [1.54, 1.807) is 12.2 Å². The van der Waals surface area contributed by atoms with Gasteiger partial charge in [-0.3, -0.25) is 9.59 Å². The standard InChI is InChI=1S/C27H42N2O2/c1-6-19-29(26(30)17-13-14-22(5)7-2)20-18-24(8-3)27(31)28-25(9-4)21-23-15-11-10-12-16-23/h8-12,15-16,22,24-25H,3-4,6-7,13-14,17-21H2,1-2,5H3,(H,28,31)/t22-,24+,25+/m0/s1. The number of nitrogens with one attached hydrogen (secondary N) is 1. The predicted molar refractivity (Wildman–Crippen MR) is 131 cm³/mol. The van der Waals surface area contributed by atoms with Crippen molar-refractivity contribution in [2.45, 2.75) is 71.8 Å². The molecule has 0 heterocycles. The molecule has 4 heteroatoms. The molecule has 31 heavy (non-hydrogen) atoms. The fourth-order valence-electron chi connectivity index (χ4n) is 3.60. The van der Waals surface area contributed by atoms with Gasteiger partial charge in [-0.1, -0.05) is 76.1 Å². The van der Waals surface area contributed by atoms with Crippen LogP contribution in [0, 0.1) is 11.8 Å². The number of rotatable bonds is 16. The number of amides is 2. The lowest BCUT2D eigenvalue weighted by Gasteiger charge is -2.25. The molecule has 0 bridgehead atoms. The zero-order chi connectivity index (χ0) is 23.1. The fraction of sp³-hybridized carbons (Fsp3) is 0.556. The highest BCUT2D eigenvalue weighted by Crippen LogP contribution is 2.14. The summed E-state index contributed by atoms with van der Waals surface area (Å²) >= 11 is 0. The molecule has 2 amide bonds. The monoisotopic (exact) mass is 426 g/mol. The fourth-order valence-corrected chi connectivity index (χ4v) is 3.60. The van der Waals surface area contributed by atoms with Crippen molar-refractivity contribution in [2.24, 2.45) is 11.8 Å². The van der Waals surface area contributed by atoms with Gasteiger partial charge in [0.1, 0.15) is 0 Å². The number of carbonyl (C=O) groups is 2. The van der Waals surface area contributed by atoms with Gasteiger partial charge in [-0.2, -0.15) is 0 Å². The Kier molecular flexibility index (Phi) is 13.3. The number of carbonyl (C=O) groups excluding carboxylic acids is 2. The average Bonchev–Trinajstić information content (AvgIpc) is 2.78. The van der Waals surface area contributed by atoms with E-state index in [4.69, 9.17) is 0 Å². The molecular formula is C27H42N2O2. The molecule has 0 saturated carbocycles. The minimum absolute atomic E-state index is 0.0588. The summed E-state index contributed by atoms with van der Waals surface area (Å²) in [6, 6.07) is 9.92.